The molecule has 0 fully saturated rings. The number of amides is 2. The monoisotopic (exact) mass is 528 g/mol. The van der Waals surface area contributed by atoms with Crippen LogP contribution in [0.2, 0.25) is 0 Å². The average Bonchev–Trinajstić information content (AvgIpc) is 3.40. The molecule has 1 aromatic heterocycles. The Hall–Kier alpha value is -3.23. The Bertz CT molecular complexity index is 974. The van der Waals surface area contributed by atoms with E-state index in [1.54, 1.807) is 24.3 Å². The molecule has 1 aromatic carbocycles. The fourth-order valence-electron chi connectivity index (χ4n) is 4.10. The Morgan fingerprint density at radius 2 is 1.50 bits per heavy atom. The van der Waals surface area contributed by atoms with Gasteiger partial charge in [-0.3, -0.25) is 9.59 Å². The van der Waals surface area contributed by atoms with Crippen molar-refractivity contribution in [1.82, 2.24) is 20.8 Å². The zero-order valence-electron chi connectivity index (χ0n) is 23.2. The highest BCUT2D eigenvalue weighted by Gasteiger charge is 2.24. The van der Waals surface area contributed by atoms with Gasteiger partial charge in [0.2, 0.25) is 23.6 Å². The summed E-state index contributed by atoms with van der Waals surface area (Å²) in [5.41, 5.74) is 1.05. The highest BCUT2D eigenvalue weighted by Crippen LogP contribution is 2.19. The van der Waals surface area contributed by atoms with E-state index in [9.17, 15) is 14.4 Å². The first-order valence-electron chi connectivity index (χ1n) is 14.1. The first-order valence-corrected chi connectivity index (χ1v) is 14.1. The molecule has 210 valence electrons. The largest absolute Gasteiger partial charge is 0.465 e. The maximum atomic E-state index is 12.9. The van der Waals surface area contributed by atoms with Crippen molar-refractivity contribution in [2.24, 2.45) is 0 Å². The van der Waals surface area contributed by atoms with Gasteiger partial charge in [0.25, 0.3) is 0 Å². The number of benzene rings is 1. The van der Waals surface area contributed by atoms with Crippen LogP contribution in [-0.2, 0) is 20.7 Å². The summed E-state index contributed by atoms with van der Waals surface area (Å²) in [5, 5.41) is 14.0. The van der Waals surface area contributed by atoms with E-state index >= 15 is 0 Å². The van der Waals surface area contributed by atoms with E-state index in [2.05, 4.69) is 34.7 Å². The number of carbonyl (C=O) groups is 3. The van der Waals surface area contributed by atoms with Gasteiger partial charge in [0.15, 0.2) is 0 Å². The molecule has 0 aliphatic heterocycles. The number of hydrogen-bond acceptors (Lipinski definition) is 7. The zero-order chi connectivity index (χ0) is 27.6. The maximum Gasteiger partial charge on any atom is 0.337 e. The molecule has 0 saturated heterocycles. The van der Waals surface area contributed by atoms with Gasteiger partial charge in [-0.2, -0.15) is 0 Å². The van der Waals surface area contributed by atoms with E-state index in [1.807, 2.05) is 0 Å². The SMILES string of the molecule is CCCCCCCCCC(=O)N[C@@H](Cc1nnc(-c2ccc(C(=O)OC)cc2)o1)C(=O)NCCCCCC. The molecule has 1 heterocycles. The van der Waals surface area contributed by atoms with Gasteiger partial charge in [-0.05, 0) is 37.1 Å². The second kappa shape index (κ2) is 18.1. The number of methoxy groups -OCH3 is 1. The van der Waals surface area contributed by atoms with E-state index in [0.717, 1.165) is 44.9 Å². The van der Waals surface area contributed by atoms with Crippen LogP contribution in [0.1, 0.15) is 107 Å². The van der Waals surface area contributed by atoms with Crippen LogP contribution in [0.15, 0.2) is 28.7 Å². The molecule has 2 aromatic rings. The second-order valence-corrected chi connectivity index (χ2v) is 9.62. The minimum absolute atomic E-state index is 0.0940. The number of nitrogens with one attached hydrogen (secondary N) is 2. The third-order valence-corrected chi connectivity index (χ3v) is 6.39. The Morgan fingerprint density at radius 1 is 0.868 bits per heavy atom. The number of unbranched alkanes of at least 4 members (excludes halogenated alkanes) is 9. The molecule has 2 N–H and O–H groups in total. The van der Waals surface area contributed by atoms with Crippen LogP contribution in [0.4, 0.5) is 0 Å². The van der Waals surface area contributed by atoms with Crippen molar-refractivity contribution >= 4 is 17.8 Å². The van der Waals surface area contributed by atoms with Crippen LogP contribution in [0.3, 0.4) is 0 Å². The minimum atomic E-state index is -0.798. The fraction of sp³-hybridized carbons (Fsp3) is 0.621. The molecule has 0 unspecified atom stereocenters. The van der Waals surface area contributed by atoms with Gasteiger partial charge in [0.05, 0.1) is 19.1 Å². The predicted molar refractivity (Wildman–Crippen MR) is 146 cm³/mol. The van der Waals surface area contributed by atoms with Gasteiger partial charge in [0.1, 0.15) is 6.04 Å². The molecule has 0 aliphatic rings. The topological polar surface area (TPSA) is 123 Å². The molecule has 2 amide bonds. The maximum absolute atomic E-state index is 12.9. The highest BCUT2D eigenvalue weighted by molar-refractivity contribution is 5.89. The molecule has 0 spiro atoms. The first kappa shape index (κ1) is 31.0. The summed E-state index contributed by atoms with van der Waals surface area (Å²) < 4.78 is 10.5. The van der Waals surface area contributed by atoms with Crippen molar-refractivity contribution < 1.29 is 23.5 Å². The van der Waals surface area contributed by atoms with E-state index in [-0.39, 0.29) is 30.0 Å². The Labute approximate surface area is 226 Å². The molecule has 1 atom stereocenters. The van der Waals surface area contributed by atoms with Gasteiger partial charge < -0.3 is 19.8 Å². The zero-order valence-corrected chi connectivity index (χ0v) is 23.2. The fourth-order valence-corrected chi connectivity index (χ4v) is 4.10. The second-order valence-electron chi connectivity index (χ2n) is 9.62. The average molecular weight is 529 g/mol. The number of carbonyl (C=O) groups excluding carboxylic acids is 3. The molecule has 9 nitrogen and oxygen atoms in total. The molecule has 0 radical (unpaired) electrons. The Morgan fingerprint density at radius 3 is 2.16 bits per heavy atom. The molecule has 0 bridgehead atoms. The lowest BCUT2D eigenvalue weighted by molar-refractivity contribution is -0.129. The van der Waals surface area contributed by atoms with Crippen LogP contribution < -0.4 is 10.6 Å². The standard InChI is InChI=1S/C29H44N4O5/c1-4-6-8-10-11-12-13-15-25(34)31-24(27(35)30-20-14-9-7-5-2)21-26-32-33-28(38-26)22-16-18-23(19-17-22)29(36)37-3/h16-19,24H,4-15,20-21H2,1-3H3,(H,30,35)(H,31,34)/t24-/m0/s1. The lowest BCUT2D eigenvalue weighted by atomic mass is 10.1. The van der Waals surface area contributed by atoms with Gasteiger partial charge >= 0.3 is 5.97 Å². The van der Waals surface area contributed by atoms with Crippen LogP contribution in [0.25, 0.3) is 11.5 Å². The van der Waals surface area contributed by atoms with E-state index in [1.165, 1.54) is 32.8 Å². The van der Waals surface area contributed by atoms with Crippen molar-refractivity contribution in [3.63, 3.8) is 0 Å². The normalized spacial score (nSPS) is 11.7. The molecule has 2 rings (SSSR count). The molecule has 38 heavy (non-hydrogen) atoms. The molecule has 0 aliphatic carbocycles. The number of rotatable bonds is 19. The summed E-state index contributed by atoms with van der Waals surface area (Å²) in [6.45, 7) is 4.90. The quantitative estimate of drug-likeness (QED) is 0.185. The Kier molecular flexibility index (Phi) is 14.8. The highest BCUT2D eigenvalue weighted by atomic mass is 16.5. The Balaban J connectivity index is 1.96. The smallest absolute Gasteiger partial charge is 0.337 e. The lowest BCUT2D eigenvalue weighted by Crippen LogP contribution is -2.48. The number of ether oxygens (including phenoxy) is 1. The molecular weight excluding hydrogens is 484 g/mol. The number of esters is 1. The number of nitrogens with zero attached hydrogens (tertiary/aromatic N) is 2. The number of hydrogen-bond donors (Lipinski definition) is 2. The third kappa shape index (κ3) is 11.4. The van der Waals surface area contributed by atoms with E-state index < -0.39 is 12.0 Å². The van der Waals surface area contributed by atoms with E-state index in [4.69, 9.17) is 9.15 Å². The predicted octanol–water partition coefficient (Wildman–Crippen LogP) is 5.39. The third-order valence-electron chi connectivity index (χ3n) is 6.39. The lowest BCUT2D eigenvalue weighted by Gasteiger charge is -2.17. The van der Waals surface area contributed by atoms with Gasteiger partial charge in [-0.25, -0.2) is 4.79 Å². The molecule has 9 heteroatoms. The molecular formula is C29H44N4O5. The van der Waals surface area contributed by atoms with Crippen molar-refractivity contribution in [2.45, 2.75) is 103 Å². The summed E-state index contributed by atoms with van der Waals surface area (Å²) >= 11 is 0. The van der Waals surface area contributed by atoms with Crippen LogP contribution in [0.5, 0.6) is 0 Å². The summed E-state index contributed by atoms with van der Waals surface area (Å²) in [5.74, 6) is -0.318. The van der Waals surface area contributed by atoms with Crippen molar-refractivity contribution in [1.29, 1.82) is 0 Å². The summed E-state index contributed by atoms with van der Waals surface area (Å²) in [7, 11) is 1.33. The first-order chi connectivity index (χ1) is 18.5. The van der Waals surface area contributed by atoms with Crippen molar-refractivity contribution in [3.05, 3.63) is 35.7 Å². The summed E-state index contributed by atoms with van der Waals surface area (Å²) in [6.07, 6.45) is 12.5. The van der Waals surface area contributed by atoms with Crippen molar-refractivity contribution in [3.8, 4) is 11.5 Å². The van der Waals surface area contributed by atoms with Crippen LogP contribution in [0, 0.1) is 0 Å². The van der Waals surface area contributed by atoms with Gasteiger partial charge in [0, 0.05) is 18.5 Å². The van der Waals surface area contributed by atoms with E-state index in [0.29, 0.717) is 24.1 Å². The van der Waals surface area contributed by atoms with Gasteiger partial charge in [-0.15, -0.1) is 10.2 Å². The minimum Gasteiger partial charge on any atom is -0.465 e. The van der Waals surface area contributed by atoms with Gasteiger partial charge in [-0.1, -0.05) is 71.6 Å². The summed E-state index contributed by atoms with van der Waals surface area (Å²) in [4.78, 5) is 37.2. The molecule has 0 saturated carbocycles. The number of aromatic nitrogens is 2. The summed E-state index contributed by atoms with van der Waals surface area (Å²) in [6, 6.07) is 5.81. The van der Waals surface area contributed by atoms with Crippen LogP contribution >= 0.6 is 0 Å². The van der Waals surface area contributed by atoms with Crippen molar-refractivity contribution in [2.75, 3.05) is 13.7 Å². The van der Waals surface area contributed by atoms with Crippen LogP contribution in [-0.4, -0.2) is 47.7 Å².